The van der Waals surface area contributed by atoms with Crippen LogP contribution in [0.5, 0.6) is 0 Å². The Balaban J connectivity index is 2.09. The standard InChI is InChI=1S/C14H20N4O3/c1-11-9-15-7-8-17(11)14(19)10-16(2)12-5-3-4-6-13(12)18(20)21/h3-6,11,15H,7-10H2,1-2H3/t11-/m0/s1. The molecule has 114 valence electrons. The number of para-hydroxylation sites is 2. The highest BCUT2D eigenvalue weighted by molar-refractivity contribution is 5.82. The van der Waals surface area contributed by atoms with Crippen molar-refractivity contribution in [3.63, 3.8) is 0 Å². The fourth-order valence-electron chi connectivity index (χ4n) is 2.53. The minimum Gasteiger partial charge on any atom is -0.360 e. The molecular weight excluding hydrogens is 272 g/mol. The summed E-state index contributed by atoms with van der Waals surface area (Å²) < 4.78 is 0. The van der Waals surface area contributed by atoms with Crippen LogP contribution >= 0.6 is 0 Å². The number of nitrogens with zero attached hydrogens (tertiary/aromatic N) is 3. The summed E-state index contributed by atoms with van der Waals surface area (Å²) in [6, 6.07) is 6.60. The van der Waals surface area contributed by atoms with E-state index in [4.69, 9.17) is 0 Å². The minimum absolute atomic E-state index is 0.00958. The fraction of sp³-hybridized carbons (Fsp3) is 0.500. The van der Waals surface area contributed by atoms with Gasteiger partial charge < -0.3 is 15.1 Å². The van der Waals surface area contributed by atoms with E-state index in [1.54, 1.807) is 30.1 Å². The first kappa shape index (κ1) is 15.2. The third-order valence-corrected chi connectivity index (χ3v) is 3.68. The van der Waals surface area contributed by atoms with Crippen LogP contribution < -0.4 is 10.2 Å². The Hall–Kier alpha value is -2.15. The zero-order valence-corrected chi connectivity index (χ0v) is 12.3. The van der Waals surface area contributed by atoms with Crippen LogP contribution in [0.3, 0.4) is 0 Å². The van der Waals surface area contributed by atoms with E-state index in [2.05, 4.69) is 5.32 Å². The van der Waals surface area contributed by atoms with Crippen molar-refractivity contribution >= 4 is 17.3 Å². The number of anilines is 1. The first-order chi connectivity index (χ1) is 10.0. The predicted molar refractivity (Wildman–Crippen MR) is 80.4 cm³/mol. The minimum atomic E-state index is -0.427. The monoisotopic (exact) mass is 292 g/mol. The smallest absolute Gasteiger partial charge is 0.292 e. The zero-order valence-electron chi connectivity index (χ0n) is 12.3. The van der Waals surface area contributed by atoms with Crippen molar-refractivity contribution in [2.75, 3.05) is 38.1 Å². The van der Waals surface area contributed by atoms with Gasteiger partial charge in [-0.05, 0) is 13.0 Å². The molecule has 0 bridgehead atoms. The van der Waals surface area contributed by atoms with E-state index in [-0.39, 0.29) is 24.2 Å². The van der Waals surface area contributed by atoms with Crippen LogP contribution in [0.2, 0.25) is 0 Å². The molecule has 7 heteroatoms. The Morgan fingerprint density at radius 3 is 2.90 bits per heavy atom. The van der Waals surface area contributed by atoms with Crippen molar-refractivity contribution in [3.8, 4) is 0 Å². The summed E-state index contributed by atoms with van der Waals surface area (Å²) >= 11 is 0. The maximum atomic E-state index is 12.4. The Bertz CT molecular complexity index is 535. The summed E-state index contributed by atoms with van der Waals surface area (Å²) in [7, 11) is 1.70. The Morgan fingerprint density at radius 2 is 2.24 bits per heavy atom. The van der Waals surface area contributed by atoms with Gasteiger partial charge in [0.2, 0.25) is 5.91 Å². The second-order valence-corrected chi connectivity index (χ2v) is 5.24. The number of piperazine rings is 1. The number of amides is 1. The van der Waals surface area contributed by atoms with Crippen molar-refractivity contribution in [1.29, 1.82) is 0 Å². The van der Waals surface area contributed by atoms with E-state index in [1.165, 1.54) is 6.07 Å². The predicted octanol–water partition coefficient (Wildman–Crippen LogP) is 0.851. The lowest BCUT2D eigenvalue weighted by Crippen LogP contribution is -2.54. The van der Waals surface area contributed by atoms with Gasteiger partial charge in [-0.3, -0.25) is 14.9 Å². The van der Waals surface area contributed by atoms with Crippen molar-refractivity contribution in [2.45, 2.75) is 13.0 Å². The second-order valence-electron chi connectivity index (χ2n) is 5.24. The Kier molecular flexibility index (Phi) is 4.74. The van der Waals surface area contributed by atoms with E-state index in [1.807, 2.05) is 11.8 Å². The molecule has 0 aromatic heterocycles. The summed E-state index contributed by atoms with van der Waals surface area (Å²) in [6.45, 7) is 4.36. The summed E-state index contributed by atoms with van der Waals surface area (Å²) in [5.41, 5.74) is 0.472. The molecule has 0 saturated carbocycles. The lowest BCUT2D eigenvalue weighted by molar-refractivity contribution is -0.384. The van der Waals surface area contributed by atoms with Crippen LogP contribution in [0.1, 0.15) is 6.92 Å². The molecule has 7 nitrogen and oxygen atoms in total. The molecule has 2 rings (SSSR count). The van der Waals surface area contributed by atoms with Gasteiger partial charge in [0.15, 0.2) is 0 Å². The SMILES string of the molecule is C[C@H]1CNCCN1C(=O)CN(C)c1ccccc1[N+](=O)[O-]. The molecule has 1 N–H and O–H groups in total. The average Bonchev–Trinajstić information content (AvgIpc) is 2.47. The van der Waals surface area contributed by atoms with E-state index in [0.717, 1.165) is 13.1 Å². The van der Waals surface area contributed by atoms with E-state index in [9.17, 15) is 14.9 Å². The molecule has 0 aliphatic carbocycles. The first-order valence-electron chi connectivity index (χ1n) is 6.95. The molecule has 1 aromatic carbocycles. The quantitative estimate of drug-likeness (QED) is 0.657. The lowest BCUT2D eigenvalue weighted by atomic mass is 10.2. The molecule has 1 fully saturated rings. The van der Waals surface area contributed by atoms with Crippen LogP contribution in [0, 0.1) is 10.1 Å². The Labute approximate surface area is 123 Å². The van der Waals surface area contributed by atoms with E-state index >= 15 is 0 Å². The van der Waals surface area contributed by atoms with E-state index < -0.39 is 4.92 Å². The maximum absolute atomic E-state index is 12.4. The van der Waals surface area contributed by atoms with Gasteiger partial charge in [-0.2, -0.15) is 0 Å². The number of carbonyl (C=O) groups is 1. The summed E-state index contributed by atoms with van der Waals surface area (Å²) in [5.74, 6) is -0.00958. The van der Waals surface area contributed by atoms with Gasteiger partial charge in [0, 0.05) is 38.8 Å². The van der Waals surface area contributed by atoms with Crippen molar-refractivity contribution in [3.05, 3.63) is 34.4 Å². The molecule has 1 amide bonds. The van der Waals surface area contributed by atoms with Crippen LogP contribution in [0.4, 0.5) is 11.4 Å². The topological polar surface area (TPSA) is 78.7 Å². The van der Waals surface area contributed by atoms with Gasteiger partial charge in [0.1, 0.15) is 5.69 Å². The molecule has 1 aliphatic heterocycles. The zero-order chi connectivity index (χ0) is 15.4. The number of hydrogen-bond donors (Lipinski definition) is 1. The number of nitro groups is 1. The third kappa shape index (κ3) is 3.49. The van der Waals surface area contributed by atoms with Crippen LogP contribution in [0.25, 0.3) is 0 Å². The number of carbonyl (C=O) groups excluding carboxylic acids is 1. The molecule has 1 atom stereocenters. The highest BCUT2D eigenvalue weighted by Crippen LogP contribution is 2.26. The molecule has 0 spiro atoms. The number of likely N-dealkylation sites (N-methyl/N-ethyl adjacent to an activating group) is 1. The summed E-state index contributed by atoms with van der Waals surface area (Å²) in [6.07, 6.45) is 0. The van der Waals surface area contributed by atoms with Crippen LogP contribution in [-0.2, 0) is 4.79 Å². The molecule has 0 radical (unpaired) electrons. The molecule has 1 saturated heterocycles. The average molecular weight is 292 g/mol. The molecule has 21 heavy (non-hydrogen) atoms. The molecule has 1 heterocycles. The highest BCUT2D eigenvalue weighted by atomic mass is 16.6. The first-order valence-corrected chi connectivity index (χ1v) is 6.95. The van der Waals surface area contributed by atoms with Crippen molar-refractivity contribution in [2.24, 2.45) is 0 Å². The largest absolute Gasteiger partial charge is 0.360 e. The van der Waals surface area contributed by atoms with Crippen LogP contribution in [-0.4, -0.2) is 55.0 Å². The third-order valence-electron chi connectivity index (χ3n) is 3.68. The second kappa shape index (κ2) is 6.53. The van der Waals surface area contributed by atoms with Gasteiger partial charge >= 0.3 is 0 Å². The van der Waals surface area contributed by atoms with Gasteiger partial charge in [-0.1, -0.05) is 12.1 Å². The van der Waals surface area contributed by atoms with Gasteiger partial charge in [-0.25, -0.2) is 0 Å². The summed E-state index contributed by atoms with van der Waals surface area (Å²) in [4.78, 5) is 26.4. The van der Waals surface area contributed by atoms with Gasteiger partial charge in [-0.15, -0.1) is 0 Å². The molecule has 0 unspecified atom stereocenters. The molecule has 1 aromatic rings. The van der Waals surface area contributed by atoms with Gasteiger partial charge in [0.05, 0.1) is 11.5 Å². The summed E-state index contributed by atoms with van der Waals surface area (Å²) in [5, 5.41) is 14.3. The van der Waals surface area contributed by atoms with Crippen LogP contribution in [0.15, 0.2) is 24.3 Å². The number of rotatable bonds is 4. The number of nitrogens with one attached hydrogen (secondary N) is 1. The lowest BCUT2D eigenvalue weighted by Gasteiger charge is -2.35. The molecular formula is C14H20N4O3. The number of hydrogen-bond acceptors (Lipinski definition) is 5. The highest BCUT2D eigenvalue weighted by Gasteiger charge is 2.25. The van der Waals surface area contributed by atoms with Crippen molar-refractivity contribution < 1.29 is 9.72 Å². The Morgan fingerprint density at radius 1 is 1.52 bits per heavy atom. The molecule has 1 aliphatic rings. The van der Waals surface area contributed by atoms with Gasteiger partial charge in [0.25, 0.3) is 5.69 Å². The number of nitro benzene ring substituents is 1. The fourth-order valence-corrected chi connectivity index (χ4v) is 2.53. The van der Waals surface area contributed by atoms with E-state index in [0.29, 0.717) is 12.2 Å². The van der Waals surface area contributed by atoms with Crippen molar-refractivity contribution in [1.82, 2.24) is 10.2 Å². The number of benzene rings is 1. The normalized spacial score (nSPS) is 18.4. The maximum Gasteiger partial charge on any atom is 0.292 e.